The van der Waals surface area contributed by atoms with Crippen molar-refractivity contribution in [2.75, 3.05) is 13.7 Å². The van der Waals surface area contributed by atoms with Gasteiger partial charge in [0.1, 0.15) is 0 Å². The fourth-order valence-corrected chi connectivity index (χ4v) is 1.81. The Labute approximate surface area is 91.1 Å². The Kier molecular flexibility index (Phi) is 3.87. The van der Waals surface area contributed by atoms with Crippen LogP contribution in [0.3, 0.4) is 0 Å². The zero-order valence-electron chi connectivity index (χ0n) is 8.39. The van der Waals surface area contributed by atoms with Gasteiger partial charge in [0.25, 0.3) is 5.91 Å². The number of methoxy groups -OCH3 is 1. The first kappa shape index (κ1) is 11.7. The summed E-state index contributed by atoms with van der Waals surface area (Å²) in [6.07, 6.45) is 1.10. The number of rotatable bonds is 2. The molecule has 0 aromatic carbocycles. The summed E-state index contributed by atoms with van der Waals surface area (Å²) < 4.78 is 4.41. The van der Waals surface area contributed by atoms with Crippen LogP contribution in [0.2, 0.25) is 0 Å². The van der Waals surface area contributed by atoms with Gasteiger partial charge in [-0.15, -0.1) is 0 Å². The molecule has 0 aromatic rings. The first-order valence-electron chi connectivity index (χ1n) is 4.21. The molecule has 0 atom stereocenters. The van der Waals surface area contributed by atoms with E-state index < -0.39 is 11.9 Å². The lowest BCUT2D eigenvalue weighted by Gasteiger charge is -2.05. The molecule has 0 bridgehead atoms. The molecule has 1 aliphatic rings. The van der Waals surface area contributed by atoms with Crippen molar-refractivity contribution in [1.82, 2.24) is 5.01 Å². The van der Waals surface area contributed by atoms with Gasteiger partial charge in [-0.05, 0) is 18.7 Å². The van der Waals surface area contributed by atoms with Gasteiger partial charge in [0.05, 0.1) is 12.0 Å². The highest BCUT2D eigenvalue weighted by Crippen LogP contribution is 2.28. The first-order chi connectivity index (χ1) is 7.10. The predicted octanol–water partition coefficient (Wildman–Crippen LogP) is -0.132. The maximum Gasteiger partial charge on any atom is 0.331 e. The standard InChI is InChI=1S/C8H11N3O3S/c1-3-10-8-11(9)7(13)5(15-8)4-6(12)14-2/h4H,3,9H2,1-2H3. The van der Waals surface area contributed by atoms with Gasteiger partial charge in [0, 0.05) is 12.6 Å². The highest BCUT2D eigenvalue weighted by atomic mass is 32.2. The van der Waals surface area contributed by atoms with E-state index in [0.717, 1.165) is 22.8 Å². The minimum Gasteiger partial charge on any atom is -0.466 e. The predicted molar refractivity (Wildman–Crippen MR) is 56.7 cm³/mol. The molecular weight excluding hydrogens is 218 g/mol. The molecule has 0 radical (unpaired) electrons. The number of amidine groups is 1. The van der Waals surface area contributed by atoms with E-state index in [1.807, 2.05) is 6.92 Å². The van der Waals surface area contributed by atoms with Crippen molar-refractivity contribution in [3.05, 3.63) is 11.0 Å². The molecule has 0 unspecified atom stereocenters. The monoisotopic (exact) mass is 229 g/mol. The summed E-state index contributed by atoms with van der Waals surface area (Å²) >= 11 is 1.06. The quantitative estimate of drug-likeness (QED) is 0.308. The molecule has 7 heteroatoms. The molecular formula is C8H11N3O3S. The van der Waals surface area contributed by atoms with Gasteiger partial charge in [-0.2, -0.15) is 0 Å². The van der Waals surface area contributed by atoms with Gasteiger partial charge in [0.15, 0.2) is 5.17 Å². The molecule has 6 nitrogen and oxygen atoms in total. The van der Waals surface area contributed by atoms with Gasteiger partial charge in [0.2, 0.25) is 0 Å². The maximum absolute atomic E-state index is 11.5. The lowest BCUT2D eigenvalue weighted by molar-refractivity contribution is -0.135. The van der Waals surface area contributed by atoms with E-state index in [4.69, 9.17) is 5.84 Å². The molecule has 1 amide bonds. The number of carbonyl (C=O) groups excluding carboxylic acids is 2. The van der Waals surface area contributed by atoms with Gasteiger partial charge in [-0.3, -0.25) is 9.79 Å². The second-order valence-electron chi connectivity index (χ2n) is 2.57. The largest absolute Gasteiger partial charge is 0.466 e. The van der Waals surface area contributed by atoms with Crippen molar-refractivity contribution in [2.24, 2.45) is 10.8 Å². The number of esters is 1. The Morgan fingerprint density at radius 1 is 1.73 bits per heavy atom. The molecule has 1 heterocycles. The van der Waals surface area contributed by atoms with E-state index in [1.54, 1.807) is 0 Å². The molecule has 0 spiro atoms. The molecule has 0 aliphatic carbocycles. The highest BCUT2D eigenvalue weighted by Gasteiger charge is 2.31. The molecule has 82 valence electrons. The topological polar surface area (TPSA) is 85.0 Å². The number of carbonyl (C=O) groups is 2. The molecule has 1 saturated heterocycles. The Hall–Kier alpha value is -1.34. The lowest BCUT2D eigenvalue weighted by Crippen LogP contribution is -2.36. The number of hydrogen-bond acceptors (Lipinski definition) is 6. The smallest absolute Gasteiger partial charge is 0.331 e. The minimum absolute atomic E-state index is 0.219. The summed E-state index contributed by atoms with van der Waals surface area (Å²) in [5.41, 5.74) is 0. The van der Waals surface area contributed by atoms with E-state index in [1.165, 1.54) is 7.11 Å². The Morgan fingerprint density at radius 2 is 2.40 bits per heavy atom. The van der Waals surface area contributed by atoms with Crippen molar-refractivity contribution < 1.29 is 14.3 Å². The van der Waals surface area contributed by atoms with Crippen LogP contribution in [0.25, 0.3) is 0 Å². The zero-order chi connectivity index (χ0) is 11.4. The number of amides is 1. The van der Waals surface area contributed by atoms with Crippen LogP contribution in [0.15, 0.2) is 16.0 Å². The van der Waals surface area contributed by atoms with Gasteiger partial charge in [-0.1, -0.05) is 0 Å². The van der Waals surface area contributed by atoms with Crippen molar-refractivity contribution in [2.45, 2.75) is 6.92 Å². The van der Waals surface area contributed by atoms with Crippen LogP contribution in [0, 0.1) is 0 Å². The Bertz CT molecular complexity index is 351. The number of nitrogens with two attached hydrogens (primary N) is 1. The van der Waals surface area contributed by atoms with E-state index in [0.29, 0.717) is 11.7 Å². The Balaban J connectivity index is 2.89. The highest BCUT2D eigenvalue weighted by molar-refractivity contribution is 8.18. The minimum atomic E-state index is -0.586. The fourth-order valence-electron chi connectivity index (χ4n) is 0.898. The van der Waals surface area contributed by atoms with E-state index in [2.05, 4.69) is 9.73 Å². The van der Waals surface area contributed by atoms with Crippen LogP contribution >= 0.6 is 11.8 Å². The zero-order valence-corrected chi connectivity index (χ0v) is 9.21. The second-order valence-corrected chi connectivity index (χ2v) is 3.57. The number of thioether (sulfide) groups is 1. The van der Waals surface area contributed by atoms with Crippen LogP contribution in [0.1, 0.15) is 6.92 Å². The van der Waals surface area contributed by atoms with E-state index >= 15 is 0 Å². The average Bonchev–Trinajstić information content (AvgIpc) is 2.47. The van der Waals surface area contributed by atoms with Crippen LogP contribution in [0.4, 0.5) is 0 Å². The fraction of sp³-hybridized carbons (Fsp3) is 0.375. The van der Waals surface area contributed by atoms with Crippen molar-refractivity contribution in [3.63, 3.8) is 0 Å². The van der Waals surface area contributed by atoms with Gasteiger partial charge in [-0.25, -0.2) is 15.6 Å². The molecule has 0 aromatic heterocycles. The third-order valence-corrected chi connectivity index (χ3v) is 2.60. The lowest BCUT2D eigenvalue weighted by atomic mass is 10.4. The summed E-state index contributed by atoms with van der Waals surface area (Å²) in [6, 6.07) is 0. The molecule has 1 fully saturated rings. The molecule has 1 rings (SSSR count). The van der Waals surface area contributed by atoms with Gasteiger partial charge < -0.3 is 4.74 Å². The molecule has 15 heavy (non-hydrogen) atoms. The third-order valence-electron chi connectivity index (χ3n) is 1.58. The van der Waals surface area contributed by atoms with Crippen molar-refractivity contribution in [1.29, 1.82) is 0 Å². The summed E-state index contributed by atoms with van der Waals surface area (Å²) in [7, 11) is 1.24. The summed E-state index contributed by atoms with van der Waals surface area (Å²) in [4.78, 5) is 26.6. The maximum atomic E-state index is 11.5. The van der Waals surface area contributed by atoms with Crippen molar-refractivity contribution in [3.8, 4) is 0 Å². The number of ether oxygens (including phenoxy) is 1. The second kappa shape index (κ2) is 4.94. The summed E-state index contributed by atoms with van der Waals surface area (Å²) in [5, 5.41) is 1.31. The van der Waals surface area contributed by atoms with E-state index in [-0.39, 0.29) is 4.91 Å². The number of nitrogens with zero attached hydrogens (tertiary/aromatic N) is 2. The Morgan fingerprint density at radius 3 is 2.93 bits per heavy atom. The van der Waals surface area contributed by atoms with Crippen LogP contribution in [-0.4, -0.2) is 35.7 Å². The normalized spacial score (nSPS) is 21.5. The molecule has 1 aliphatic heterocycles. The average molecular weight is 229 g/mol. The van der Waals surface area contributed by atoms with E-state index in [9.17, 15) is 9.59 Å². The van der Waals surface area contributed by atoms with Crippen LogP contribution in [-0.2, 0) is 14.3 Å². The molecule has 0 saturated carbocycles. The molecule has 2 N–H and O–H groups in total. The number of aliphatic imine (C=N–C) groups is 1. The third kappa shape index (κ3) is 2.57. The number of hydrazine groups is 1. The van der Waals surface area contributed by atoms with Crippen molar-refractivity contribution >= 4 is 28.8 Å². The SMILES string of the molecule is CCN=C1SC(=CC(=O)OC)C(=O)N1N. The summed E-state index contributed by atoms with van der Waals surface area (Å²) in [6.45, 7) is 2.35. The van der Waals surface area contributed by atoms with Crippen LogP contribution < -0.4 is 5.84 Å². The van der Waals surface area contributed by atoms with Gasteiger partial charge >= 0.3 is 5.97 Å². The van der Waals surface area contributed by atoms with Crippen LogP contribution in [0.5, 0.6) is 0 Å². The summed E-state index contributed by atoms with van der Waals surface area (Å²) in [5.74, 6) is 4.42. The number of hydrogen-bond donors (Lipinski definition) is 1. The first-order valence-corrected chi connectivity index (χ1v) is 5.03.